The van der Waals surface area contributed by atoms with Crippen LogP contribution in [0.2, 0.25) is 0 Å². The predicted molar refractivity (Wildman–Crippen MR) is 248 cm³/mol. The second kappa shape index (κ2) is 17.5. The normalized spacial score (nSPS) is 22.0. The van der Waals surface area contributed by atoms with Crippen molar-refractivity contribution in [2.24, 2.45) is 23.2 Å². The Hall–Kier alpha value is -6.44. The van der Waals surface area contributed by atoms with Crippen LogP contribution in [-0.2, 0) is 19.1 Å². The molecule has 2 saturated carbocycles. The lowest BCUT2D eigenvalue weighted by atomic mass is 9.73. The van der Waals surface area contributed by atoms with Crippen LogP contribution in [0.4, 0.5) is 9.59 Å². The molecule has 2 aromatic heterocycles. The number of carbonyl (C=O) groups excluding carboxylic acids is 4. The Bertz CT molecular complexity index is 2630. The number of aromatic nitrogens is 4. The Kier molecular flexibility index (Phi) is 11.8. The fraction of sp³-hybridized carbons (Fsp3) is 0.451. The van der Waals surface area contributed by atoms with Gasteiger partial charge in [-0.3, -0.25) is 9.59 Å². The molecular formula is C51H60N8O6. The first-order valence-electron chi connectivity index (χ1n) is 23.0. The lowest BCUT2D eigenvalue weighted by molar-refractivity contribution is -0.142. The highest BCUT2D eigenvalue weighted by Gasteiger charge is 2.55. The zero-order valence-electron chi connectivity index (χ0n) is 38.1. The number of likely N-dealkylation sites (tertiary alicyclic amines) is 2. The number of nitrogens with one attached hydrogen (secondary N) is 4. The van der Waals surface area contributed by atoms with Gasteiger partial charge in [0, 0.05) is 18.2 Å². The van der Waals surface area contributed by atoms with Crippen molar-refractivity contribution < 1.29 is 28.7 Å². The van der Waals surface area contributed by atoms with Gasteiger partial charge in [-0.25, -0.2) is 19.6 Å². The third-order valence-corrected chi connectivity index (χ3v) is 14.4. The first-order chi connectivity index (χ1) is 31.3. The lowest BCUT2D eigenvalue weighted by Gasteiger charge is -2.50. The van der Waals surface area contributed by atoms with Gasteiger partial charge in [-0.15, -0.1) is 0 Å². The molecule has 0 radical (unpaired) electrons. The maximum Gasteiger partial charge on any atom is 0.407 e. The van der Waals surface area contributed by atoms with Crippen LogP contribution in [0.15, 0.2) is 85.2 Å². The minimum atomic E-state index is -0.745. The quantitative estimate of drug-likeness (QED) is 0.0951. The summed E-state index contributed by atoms with van der Waals surface area (Å²) in [6, 6.07) is 19.2. The maximum atomic E-state index is 14.4. The van der Waals surface area contributed by atoms with E-state index in [-0.39, 0.29) is 41.1 Å². The molecule has 2 bridgehead atoms. The Morgan fingerprint density at radius 3 is 1.92 bits per heavy atom. The predicted octanol–water partition coefficient (Wildman–Crippen LogP) is 9.10. The van der Waals surface area contributed by atoms with Crippen molar-refractivity contribution in [2.75, 3.05) is 20.8 Å². The standard InChI is InChI=1S/C51H60N8O6/c1-28(2)42(56-49(62)64-6)47(60)58-27-51(19-20-51)24-41(58)45-52-25-39(54-45)32-13-11-31(12-14-32)34-15-16-36-22-37(18-17-35(36)21-34)40-26-53-46(55-40)44-30(5)33-9-8-10-38(23-33)59(44)48(61)43(29(3)4)57-50(63)65-7/h11-18,21-22,25-26,28-29,33,38,41-44H,5,8-10,19-20,23-24,27H2,1-4,6-7H3,(H,52,54)(H,53,55)(H,56,62)(H,57,63)/t33-,38+,41-,42-,43-,44-/m0/s1. The smallest absolute Gasteiger partial charge is 0.407 e. The molecule has 65 heavy (non-hydrogen) atoms. The first-order valence-corrected chi connectivity index (χ1v) is 23.0. The van der Waals surface area contributed by atoms with Gasteiger partial charge in [0.15, 0.2) is 0 Å². The fourth-order valence-electron chi connectivity index (χ4n) is 10.5. The highest BCUT2D eigenvalue weighted by molar-refractivity contribution is 5.91. The molecule has 14 nitrogen and oxygen atoms in total. The van der Waals surface area contributed by atoms with Crippen LogP contribution in [0.3, 0.4) is 0 Å². The number of ether oxygens (including phenoxy) is 2. The molecular weight excluding hydrogens is 821 g/mol. The number of alkyl carbamates (subject to hydrolysis) is 2. The van der Waals surface area contributed by atoms with Crippen molar-refractivity contribution in [3.63, 3.8) is 0 Å². The number of rotatable bonds is 11. The number of amides is 4. The van der Waals surface area contributed by atoms with Gasteiger partial charge in [0.1, 0.15) is 29.8 Å². The molecule has 0 unspecified atom stereocenters. The highest BCUT2D eigenvalue weighted by atomic mass is 16.5. The molecule has 4 fully saturated rings. The van der Waals surface area contributed by atoms with Crippen LogP contribution in [-0.4, -0.2) is 92.6 Å². The Labute approximate surface area is 380 Å². The third-order valence-electron chi connectivity index (χ3n) is 14.4. The van der Waals surface area contributed by atoms with Crippen LogP contribution in [0.1, 0.15) is 96.4 Å². The average Bonchev–Trinajstić information content (AvgIpc) is 3.63. The van der Waals surface area contributed by atoms with E-state index in [4.69, 9.17) is 19.4 Å². The van der Waals surface area contributed by atoms with E-state index in [1.54, 1.807) is 0 Å². The molecule has 6 atom stereocenters. The molecule has 2 aliphatic heterocycles. The second-order valence-corrected chi connectivity index (χ2v) is 19.4. The van der Waals surface area contributed by atoms with E-state index in [9.17, 15) is 19.2 Å². The van der Waals surface area contributed by atoms with Crippen molar-refractivity contribution in [3.8, 4) is 33.6 Å². The second-order valence-electron chi connectivity index (χ2n) is 19.4. The Morgan fingerprint density at radius 2 is 1.29 bits per heavy atom. The molecule has 2 aliphatic carbocycles. The van der Waals surface area contributed by atoms with Crippen LogP contribution in [0, 0.1) is 23.2 Å². The SMILES string of the molecule is C=C1[C@H]2CCC[C@H](C2)N(C(=O)[C@@H](NC(=O)OC)C(C)C)[C@@H]1c1ncc(-c2ccc3cc(-c4ccc(-c5cnc([C@@H]6CC7(CC7)CN6C(=O)[C@@H](NC(=O)OC)C(C)C)[nH]5)cc4)ccc3c2)[nH]1. The minimum Gasteiger partial charge on any atom is -0.453 e. The van der Waals surface area contributed by atoms with Gasteiger partial charge in [0.25, 0.3) is 0 Å². The largest absolute Gasteiger partial charge is 0.453 e. The van der Waals surface area contributed by atoms with E-state index in [1.807, 2.05) is 49.9 Å². The summed E-state index contributed by atoms with van der Waals surface area (Å²) >= 11 is 0. The molecule has 4 aliphatic rings. The zero-order chi connectivity index (χ0) is 45.7. The number of aromatic amines is 2. The zero-order valence-corrected chi connectivity index (χ0v) is 38.1. The van der Waals surface area contributed by atoms with Crippen molar-refractivity contribution >= 4 is 34.8 Å². The average molecular weight is 881 g/mol. The van der Waals surface area contributed by atoms with E-state index in [0.29, 0.717) is 18.3 Å². The minimum absolute atomic E-state index is 0.0275. The molecule has 340 valence electrons. The first kappa shape index (κ1) is 43.8. The van der Waals surface area contributed by atoms with Gasteiger partial charge >= 0.3 is 12.2 Å². The highest BCUT2D eigenvalue weighted by Crippen LogP contribution is 2.58. The van der Waals surface area contributed by atoms with Crippen LogP contribution in [0.25, 0.3) is 44.4 Å². The summed E-state index contributed by atoms with van der Waals surface area (Å²) in [7, 11) is 2.61. The van der Waals surface area contributed by atoms with Crippen molar-refractivity contribution in [1.29, 1.82) is 0 Å². The summed E-state index contributed by atoms with van der Waals surface area (Å²) in [6.07, 6.45) is 9.27. The monoisotopic (exact) mass is 880 g/mol. The summed E-state index contributed by atoms with van der Waals surface area (Å²) in [6.45, 7) is 12.9. The Balaban J connectivity index is 0.912. The lowest BCUT2D eigenvalue weighted by Crippen LogP contribution is -2.58. The van der Waals surface area contributed by atoms with E-state index in [2.05, 4.69) is 87.8 Å². The molecule has 5 aromatic rings. The van der Waals surface area contributed by atoms with Gasteiger partial charge in [-0.05, 0) is 107 Å². The van der Waals surface area contributed by atoms with Gasteiger partial charge in [-0.2, -0.15) is 0 Å². The number of hydrogen-bond acceptors (Lipinski definition) is 8. The number of piperidine rings is 1. The van der Waals surface area contributed by atoms with Gasteiger partial charge in [0.2, 0.25) is 11.8 Å². The number of methoxy groups -OCH3 is 2. The number of H-pyrrole nitrogens is 2. The summed E-state index contributed by atoms with van der Waals surface area (Å²) in [4.78, 5) is 73.3. The summed E-state index contributed by atoms with van der Waals surface area (Å²) in [5.74, 6) is 1.22. The fourth-order valence-corrected chi connectivity index (χ4v) is 10.5. The van der Waals surface area contributed by atoms with Crippen molar-refractivity contribution in [3.05, 3.63) is 96.9 Å². The van der Waals surface area contributed by atoms with E-state index in [1.165, 1.54) is 14.2 Å². The topological polar surface area (TPSA) is 175 Å². The summed E-state index contributed by atoms with van der Waals surface area (Å²) in [5, 5.41) is 7.72. The van der Waals surface area contributed by atoms with Crippen molar-refractivity contribution in [1.82, 2.24) is 40.4 Å². The van der Waals surface area contributed by atoms with E-state index < -0.39 is 30.3 Å². The molecule has 4 N–H and O–H groups in total. The molecule has 14 heteroatoms. The van der Waals surface area contributed by atoms with Crippen LogP contribution >= 0.6 is 0 Å². The molecule has 3 aromatic carbocycles. The molecule has 4 amide bonds. The molecule has 9 rings (SSSR count). The van der Waals surface area contributed by atoms with E-state index >= 15 is 0 Å². The number of imidazole rings is 2. The van der Waals surface area contributed by atoms with Crippen molar-refractivity contribution in [2.45, 2.75) is 103 Å². The van der Waals surface area contributed by atoms with Crippen LogP contribution < -0.4 is 10.6 Å². The number of carbonyl (C=O) groups is 4. The van der Waals surface area contributed by atoms with E-state index in [0.717, 1.165) is 101 Å². The summed E-state index contributed by atoms with van der Waals surface area (Å²) in [5.41, 5.74) is 6.97. The maximum absolute atomic E-state index is 14.4. The van der Waals surface area contributed by atoms with Gasteiger partial charge in [-0.1, -0.05) is 89.2 Å². The van der Waals surface area contributed by atoms with Crippen LogP contribution in [0.5, 0.6) is 0 Å². The third kappa shape index (κ3) is 8.50. The number of nitrogens with zero attached hydrogens (tertiary/aromatic N) is 4. The molecule has 2 saturated heterocycles. The molecule has 1 spiro atoms. The van der Waals surface area contributed by atoms with Gasteiger partial charge < -0.3 is 39.9 Å². The number of fused-ring (bicyclic) bond motifs is 3. The van der Waals surface area contributed by atoms with Gasteiger partial charge in [0.05, 0.1) is 44.0 Å². The number of benzene rings is 3. The summed E-state index contributed by atoms with van der Waals surface area (Å²) < 4.78 is 9.71. The Morgan fingerprint density at radius 1 is 0.738 bits per heavy atom. The number of hydrogen-bond donors (Lipinski definition) is 4. The molecule has 4 heterocycles.